The monoisotopic (exact) mass is 314 g/mol. The molecular weight excluding hydrogens is 297 g/mol. The van der Waals surface area contributed by atoms with Gasteiger partial charge in [-0.2, -0.15) is 13.2 Å². The van der Waals surface area contributed by atoms with Crippen molar-refractivity contribution >= 4 is 23.0 Å². The quantitative estimate of drug-likeness (QED) is 0.801. The number of hydrogen-bond acceptors (Lipinski definition) is 1. The van der Waals surface area contributed by atoms with Crippen LogP contribution in [0.4, 0.5) is 18.9 Å². The second-order valence-corrected chi connectivity index (χ2v) is 6.37. The number of alkyl halides is 3. The molecule has 0 aromatic heterocycles. The summed E-state index contributed by atoms with van der Waals surface area (Å²) in [4.78, 5) is 0. The van der Waals surface area contributed by atoms with Gasteiger partial charge in [0.1, 0.15) is 0 Å². The molecule has 0 heterocycles. The van der Waals surface area contributed by atoms with Gasteiger partial charge in [0.15, 0.2) is 5.11 Å². The molecule has 114 valence electrons. The summed E-state index contributed by atoms with van der Waals surface area (Å²) in [5.41, 5.74) is -0.305. The largest absolute Gasteiger partial charge is 0.416 e. The normalized spacial score (nSPS) is 27.7. The van der Waals surface area contributed by atoms with Crippen LogP contribution in [0.15, 0.2) is 24.3 Å². The van der Waals surface area contributed by atoms with Gasteiger partial charge in [0.2, 0.25) is 0 Å². The Bertz CT molecular complexity index is 544. The van der Waals surface area contributed by atoms with Crippen molar-refractivity contribution in [2.45, 2.75) is 37.9 Å². The molecule has 2 N–H and O–H groups in total. The molecule has 0 spiro atoms. The van der Waals surface area contributed by atoms with Gasteiger partial charge < -0.3 is 10.6 Å². The Morgan fingerprint density at radius 3 is 2.62 bits per heavy atom. The van der Waals surface area contributed by atoms with E-state index >= 15 is 0 Å². The van der Waals surface area contributed by atoms with Gasteiger partial charge in [-0.05, 0) is 61.5 Å². The van der Waals surface area contributed by atoms with E-state index in [-0.39, 0.29) is 0 Å². The molecule has 2 fully saturated rings. The van der Waals surface area contributed by atoms with Crippen molar-refractivity contribution in [1.82, 2.24) is 5.32 Å². The zero-order valence-electron chi connectivity index (χ0n) is 11.4. The zero-order chi connectivity index (χ0) is 15.0. The molecule has 2 nitrogen and oxygen atoms in total. The van der Waals surface area contributed by atoms with Crippen molar-refractivity contribution in [2.75, 3.05) is 5.32 Å². The molecule has 1 aromatic rings. The van der Waals surface area contributed by atoms with Gasteiger partial charge in [-0.1, -0.05) is 12.5 Å². The summed E-state index contributed by atoms with van der Waals surface area (Å²) in [7, 11) is 0. The number of fused-ring (bicyclic) bond motifs is 2. The Labute approximate surface area is 127 Å². The molecule has 0 aliphatic heterocycles. The second-order valence-electron chi connectivity index (χ2n) is 5.96. The van der Waals surface area contributed by atoms with Crippen LogP contribution in [0.5, 0.6) is 0 Å². The van der Waals surface area contributed by atoms with E-state index in [1.807, 2.05) is 0 Å². The van der Waals surface area contributed by atoms with Crippen molar-refractivity contribution in [3.63, 3.8) is 0 Å². The van der Waals surface area contributed by atoms with Crippen molar-refractivity contribution < 1.29 is 13.2 Å². The third-order valence-corrected chi connectivity index (χ3v) is 4.72. The number of nitrogens with one attached hydrogen (secondary N) is 2. The number of halogens is 3. The Hall–Kier alpha value is -1.30. The predicted molar refractivity (Wildman–Crippen MR) is 80.0 cm³/mol. The first kappa shape index (κ1) is 14.6. The molecule has 6 heteroatoms. The van der Waals surface area contributed by atoms with E-state index in [1.165, 1.54) is 25.3 Å². The van der Waals surface area contributed by atoms with Crippen LogP contribution in [0.25, 0.3) is 0 Å². The summed E-state index contributed by atoms with van der Waals surface area (Å²) in [6.07, 6.45) is 0.571. The zero-order valence-corrected chi connectivity index (χ0v) is 12.2. The molecule has 21 heavy (non-hydrogen) atoms. The first-order chi connectivity index (χ1) is 9.91. The van der Waals surface area contributed by atoms with Gasteiger partial charge in [0, 0.05) is 11.7 Å². The summed E-state index contributed by atoms with van der Waals surface area (Å²) in [5, 5.41) is 6.53. The number of rotatable bonds is 2. The maximum atomic E-state index is 12.7. The third-order valence-electron chi connectivity index (χ3n) is 4.50. The highest BCUT2D eigenvalue weighted by Crippen LogP contribution is 2.44. The summed E-state index contributed by atoms with van der Waals surface area (Å²) in [6.45, 7) is 0. The molecule has 2 aliphatic rings. The Morgan fingerprint density at radius 1 is 1.19 bits per heavy atom. The molecule has 0 unspecified atom stereocenters. The third kappa shape index (κ3) is 3.31. The average Bonchev–Trinajstić information content (AvgIpc) is 3.00. The van der Waals surface area contributed by atoms with Crippen molar-refractivity contribution in [3.8, 4) is 0 Å². The van der Waals surface area contributed by atoms with Crippen molar-refractivity contribution in [2.24, 2.45) is 11.8 Å². The Balaban J connectivity index is 1.60. The molecule has 0 saturated heterocycles. The van der Waals surface area contributed by atoms with Gasteiger partial charge in [-0.15, -0.1) is 0 Å². The summed E-state index contributed by atoms with van der Waals surface area (Å²) < 4.78 is 38.0. The highest BCUT2D eigenvalue weighted by Gasteiger charge is 2.39. The number of anilines is 1. The van der Waals surface area contributed by atoms with Crippen LogP contribution in [-0.4, -0.2) is 11.2 Å². The number of hydrogen-bond donors (Lipinski definition) is 2. The molecule has 2 aliphatic carbocycles. The minimum absolute atomic E-state index is 0.366. The lowest BCUT2D eigenvalue weighted by Gasteiger charge is -2.24. The molecule has 2 saturated carbocycles. The van der Waals surface area contributed by atoms with Crippen LogP contribution in [-0.2, 0) is 6.18 Å². The van der Waals surface area contributed by atoms with E-state index < -0.39 is 11.7 Å². The standard InChI is InChI=1S/C15H17F3N2S/c16-15(17,18)11-2-1-3-12(8-11)19-14(21)20-13-7-9-4-5-10(13)6-9/h1-3,8-10,13H,4-7H2,(H2,19,20,21)/t9-,10-,13-/m1/s1. The molecule has 3 atom stereocenters. The fourth-order valence-electron chi connectivity index (χ4n) is 3.53. The summed E-state index contributed by atoms with van der Waals surface area (Å²) in [6, 6.07) is 5.47. The second kappa shape index (κ2) is 5.48. The Kier molecular flexibility index (Phi) is 3.82. The molecule has 0 radical (unpaired) electrons. The van der Waals surface area contributed by atoms with Gasteiger partial charge >= 0.3 is 6.18 Å². The van der Waals surface area contributed by atoms with Crippen molar-refractivity contribution in [3.05, 3.63) is 29.8 Å². The minimum Gasteiger partial charge on any atom is -0.359 e. The maximum Gasteiger partial charge on any atom is 0.416 e. The van der Waals surface area contributed by atoms with Crippen LogP contribution in [0, 0.1) is 11.8 Å². The highest BCUT2D eigenvalue weighted by molar-refractivity contribution is 7.80. The summed E-state index contributed by atoms with van der Waals surface area (Å²) >= 11 is 5.22. The van der Waals surface area contributed by atoms with E-state index in [1.54, 1.807) is 6.07 Å². The van der Waals surface area contributed by atoms with Crippen LogP contribution >= 0.6 is 12.2 Å². The van der Waals surface area contributed by atoms with Crippen LogP contribution in [0.1, 0.15) is 31.2 Å². The van der Waals surface area contributed by atoms with E-state index in [2.05, 4.69) is 10.6 Å². The molecule has 0 amide bonds. The fraction of sp³-hybridized carbons (Fsp3) is 0.533. The average molecular weight is 314 g/mol. The van der Waals surface area contributed by atoms with Gasteiger partial charge in [-0.25, -0.2) is 0 Å². The van der Waals surface area contributed by atoms with Crippen molar-refractivity contribution in [1.29, 1.82) is 0 Å². The maximum absolute atomic E-state index is 12.7. The van der Waals surface area contributed by atoms with E-state index in [9.17, 15) is 13.2 Å². The fourth-order valence-corrected chi connectivity index (χ4v) is 3.80. The molecule has 1 aromatic carbocycles. The van der Waals surface area contributed by atoms with E-state index in [0.29, 0.717) is 22.8 Å². The Morgan fingerprint density at radius 2 is 2.00 bits per heavy atom. The lowest BCUT2D eigenvalue weighted by Crippen LogP contribution is -2.40. The predicted octanol–water partition coefficient (Wildman–Crippen LogP) is 4.18. The van der Waals surface area contributed by atoms with Gasteiger partial charge in [-0.3, -0.25) is 0 Å². The summed E-state index contributed by atoms with van der Waals surface area (Å²) in [5.74, 6) is 1.46. The van der Waals surface area contributed by atoms with Crippen LogP contribution in [0.3, 0.4) is 0 Å². The first-order valence-electron chi connectivity index (χ1n) is 7.16. The SMILES string of the molecule is FC(F)(F)c1cccc(NC(=S)N[C@@H]2C[C@@H]3CC[C@@H]2C3)c1. The highest BCUT2D eigenvalue weighted by atomic mass is 32.1. The van der Waals surface area contributed by atoms with Crippen LogP contribution in [0.2, 0.25) is 0 Å². The number of thiocarbonyl (C=S) groups is 1. The lowest BCUT2D eigenvalue weighted by atomic mass is 9.96. The van der Waals surface area contributed by atoms with E-state index in [0.717, 1.165) is 24.5 Å². The topological polar surface area (TPSA) is 24.1 Å². The molecular formula is C15H17F3N2S. The minimum atomic E-state index is -4.34. The lowest BCUT2D eigenvalue weighted by molar-refractivity contribution is -0.137. The molecule has 2 bridgehead atoms. The smallest absolute Gasteiger partial charge is 0.359 e. The first-order valence-corrected chi connectivity index (χ1v) is 7.57. The van der Waals surface area contributed by atoms with Crippen LogP contribution < -0.4 is 10.6 Å². The van der Waals surface area contributed by atoms with E-state index in [4.69, 9.17) is 12.2 Å². The van der Waals surface area contributed by atoms with Gasteiger partial charge in [0.05, 0.1) is 5.56 Å². The molecule has 3 rings (SSSR count). The van der Waals surface area contributed by atoms with Gasteiger partial charge in [0.25, 0.3) is 0 Å². The number of benzene rings is 1.